The maximum absolute atomic E-state index is 10.6. The lowest BCUT2D eigenvalue weighted by atomic mass is 10.0. The monoisotopic (exact) mass is 348 g/mol. The molecule has 0 unspecified atom stereocenters. The van der Waals surface area contributed by atoms with Gasteiger partial charge in [0, 0.05) is 6.42 Å². The first-order chi connectivity index (χ1) is 12.0. The number of rotatable bonds is 7. The van der Waals surface area contributed by atoms with Crippen molar-refractivity contribution in [3.63, 3.8) is 0 Å². The molecule has 2 saturated heterocycles. The molecule has 5 atom stereocenters. The van der Waals surface area contributed by atoms with E-state index in [1.807, 2.05) is 44.2 Å². The molecule has 2 fully saturated rings. The molecule has 1 aromatic carbocycles. The minimum atomic E-state index is -0.679. The maximum Gasteiger partial charge on any atom is 0.163 e. The summed E-state index contributed by atoms with van der Waals surface area (Å²) in [7, 11) is 0. The minimum Gasteiger partial charge on any atom is -0.388 e. The van der Waals surface area contributed by atoms with Gasteiger partial charge >= 0.3 is 0 Å². The average molecular weight is 348 g/mol. The van der Waals surface area contributed by atoms with E-state index >= 15 is 0 Å². The summed E-state index contributed by atoms with van der Waals surface area (Å²) in [5.41, 5.74) is 1.07. The molecule has 5 heteroatoms. The molecule has 2 heterocycles. The molecule has 0 amide bonds. The van der Waals surface area contributed by atoms with Crippen molar-refractivity contribution in [1.29, 1.82) is 0 Å². The fourth-order valence-electron chi connectivity index (χ4n) is 3.47. The third-order valence-electron chi connectivity index (χ3n) is 4.68. The molecular formula is C20H28O5. The van der Waals surface area contributed by atoms with Gasteiger partial charge in [-0.15, -0.1) is 6.58 Å². The van der Waals surface area contributed by atoms with Crippen LogP contribution in [0.25, 0.3) is 0 Å². The smallest absolute Gasteiger partial charge is 0.163 e. The first kappa shape index (κ1) is 18.5. The fraction of sp³-hybridized carbons (Fsp3) is 0.600. The number of aliphatic hydroxyl groups is 1. The lowest BCUT2D eigenvalue weighted by Gasteiger charge is -2.23. The van der Waals surface area contributed by atoms with E-state index in [2.05, 4.69) is 6.58 Å². The molecule has 3 rings (SSSR count). The second kappa shape index (κ2) is 7.98. The van der Waals surface area contributed by atoms with Crippen LogP contribution in [0.2, 0.25) is 0 Å². The lowest BCUT2D eigenvalue weighted by Crippen LogP contribution is -2.37. The van der Waals surface area contributed by atoms with Gasteiger partial charge < -0.3 is 24.1 Å². The summed E-state index contributed by atoms with van der Waals surface area (Å²) in [6.07, 6.45) is 1.34. The Hall–Kier alpha value is -1.24. The zero-order chi connectivity index (χ0) is 17.9. The van der Waals surface area contributed by atoms with Crippen LogP contribution >= 0.6 is 0 Å². The van der Waals surface area contributed by atoms with Crippen LogP contribution in [0.1, 0.15) is 32.3 Å². The molecule has 2 aliphatic heterocycles. The first-order valence-electron chi connectivity index (χ1n) is 8.90. The Balaban J connectivity index is 1.64. The van der Waals surface area contributed by atoms with E-state index in [1.165, 1.54) is 0 Å². The van der Waals surface area contributed by atoms with Gasteiger partial charge in [0.25, 0.3) is 0 Å². The molecule has 0 aliphatic carbocycles. The van der Waals surface area contributed by atoms with Crippen molar-refractivity contribution in [2.24, 2.45) is 0 Å². The summed E-state index contributed by atoms with van der Waals surface area (Å²) in [5.74, 6) is -0.567. The van der Waals surface area contributed by atoms with E-state index in [-0.39, 0.29) is 18.3 Å². The third-order valence-corrected chi connectivity index (χ3v) is 4.68. The van der Waals surface area contributed by atoms with Crippen LogP contribution in [0.5, 0.6) is 0 Å². The molecule has 0 bridgehead atoms. The van der Waals surface area contributed by atoms with Crippen molar-refractivity contribution in [3.05, 3.63) is 48.6 Å². The largest absolute Gasteiger partial charge is 0.388 e. The Bertz CT molecular complexity index is 558. The van der Waals surface area contributed by atoms with Gasteiger partial charge in [0.1, 0.15) is 12.2 Å². The van der Waals surface area contributed by atoms with Gasteiger partial charge in [0.15, 0.2) is 5.79 Å². The lowest BCUT2D eigenvalue weighted by molar-refractivity contribution is -0.145. The summed E-state index contributed by atoms with van der Waals surface area (Å²) in [4.78, 5) is 0. The standard InChI is InChI=1S/C20H28O5/c1-4-8-16-18(21)19(22-12-14-9-6-5-7-10-14)17(24-16)11-15-13-23-20(2,3)25-15/h4-7,9-10,15-19,21H,1,8,11-13H2,2-3H3/t15-,16+,17-,18+,19+/m1/s1. The number of hydrogen-bond donors (Lipinski definition) is 1. The molecule has 0 saturated carbocycles. The number of ether oxygens (including phenoxy) is 4. The van der Waals surface area contributed by atoms with Gasteiger partial charge in [-0.05, 0) is 25.8 Å². The highest BCUT2D eigenvalue weighted by molar-refractivity contribution is 5.13. The van der Waals surface area contributed by atoms with Gasteiger partial charge in [-0.25, -0.2) is 0 Å². The Kier molecular flexibility index (Phi) is 5.92. The van der Waals surface area contributed by atoms with Crippen LogP contribution in [0.4, 0.5) is 0 Å². The molecule has 5 nitrogen and oxygen atoms in total. The second-order valence-corrected chi connectivity index (χ2v) is 7.18. The van der Waals surface area contributed by atoms with Crippen molar-refractivity contribution in [1.82, 2.24) is 0 Å². The van der Waals surface area contributed by atoms with Gasteiger partial charge in [0.2, 0.25) is 0 Å². The highest BCUT2D eigenvalue weighted by Crippen LogP contribution is 2.33. The van der Waals surface area contributed by atoms with Crippen LogP contribution in [-0.4, -0.2) is 48.0 Å². The molecule has 1 N–H and O–H groups in total. The summed E-state index contributed by atoms with van der Waals surface area (Å²) in [5, 5.41) is 10.6. The van der Waals surface area contributed by atoms with Crippen LogP contribution in [0, 0.1) is 0 Å². The third kappa shape index (κ3) is 4.68. The Morgan fingerprint density at radius 2 is 2.04 bits per heavy atom. The van der Waals surface area contributed by atoms with Crippen LogP contribution < -0.4 is 0 Å². The van der Waals surface area contributed by atoms with Crippen molar-refractivity contribution in [2.45, 2.75) is 69.6 Å². The van der Waals surface area contributed by atoms with Gasteiger partial charge in [0.05, 0.1) is 31.5 Å². The second-order valence-electron chi connectivity index (χ2n) is 7.18. The van der Waals surface area contributed by atoms with E-state index in [9.17, 15) is 5.11 Å². The Morgan fingerprint density at radius 3 is 2.68 bits per heavy atom. The van der Waals surface area contributed by atoms with Crippen LogP contribution in [0.15, 0.2) is 43.0 Å². The van der Waals surface area contributed by atoms with Crippen LogP contribution in [0.3, 0.4) is 0 Å². The van der Waals surface area contributed by atoms with Gasteiger partial charge in [-0.2, -0.15) is 0 Å². The number of hydrogen-bond acceptors (Lipinski definition) is 5. The van der Waals surface area contributed by atoms with Gasteiger partial charge in [-0.3, -0.25) is 0 Å². The van der Waals surface area contributed by atoms with E-state index in [1.54, 1.807) is 6.08 Å². The number of aliphatic hydroxyl groups excluding tert-OH is 1. The highest BCUT2D eigenvalue weighted by atomic mass is 16.7. The average Bonchev–Trinajstić information content (AvgIpc) is 3.07. The zero-order valence-electron chi connectivity index (χ0n) is 15.0. The molecule has 0 radical (unpaired) electrons. The SMILES string of the molecule is C=CC[C@@H]1O[C@H](C[C@@H]2COC(C)(C)O2)[C@H](OCc2ccccc2)[C@H]1O. The summed E-state index contributed by atoms with van der Waals surface area (Å²) in [6.45, 7) is 8.53. The molecule has 1 aromatic rings. The highest BCUT2D eigenvalue weighted by Gasteiger charge is 2.46. The van der Waals surface area contributed by atoms with Crippen molar-refractivity contribution in [2.75, 3.05) is 6.61 Å². The normalized spacial score (nSPS) is 34.3. The summed E-state index contributed by atoms with van der Waals surface area (Å²) in [6, 6.07) is 9.94. The molecule has 2 aliphatic rings. The van der Waals surface area contributed by atoms with Crippen molar-refractivity contribution >= 4 is 0 Å². The molecule has 0 spiro atoms. The Morgan fingerprint density at radius 1 is 1.28 bits per heavy atom. The van der Waals surface area contributed by atoms with E-state index in [0.717, 1.165) is 5.56 Å². The fourth-order valence-corrected chi connectivity index (χ4v) is 3.47. The molecule has 25 heavy (non-hydrogen) atoms. The molecular weight excluding hydrogens is 320 g/mol. The molecule has 138 valence electrons. The quantitative estimate of drug-likeness (QED) is 0.768. The Labute approximate surface area is 149 Å². The maximum atomic E-state index is 10.6. The van der Waals surface area contributed by atoms with E-state index in [4.69, 9.17) is 18.9 Å². The predicted molar refractivity (Wildman–Crippen MR) is 94.0 cm³/mol. The zero-order valence-corrected chi connectivity index (χ0v) is 15.0. The van der Waals surface area contributed by atoms with E-state index < -0.39 is 18.0 Å². The number of benzene rings is 1. The topological polar surface area (TPSA) is 57.2 Å². The minimum absolute atomic E-state index is 0.0579. The van der Waals surface area contributed by atoms with Crippen LogP contribution in [-0.2, 0) is 25.6 Å². The predicted octanol–water partition coefficient (Wildman–Crippen LogP) is 2.82. The first-order valence-corrected chi connectivity index (χ1v) is 8.90. The summed E-state index contributed by atoms with van der Waals surface area (Å²) >= 11 is 0. The van der Waals surface area contributed by atoms with Gasteiger partial charge in [-0.1, -0.05) is 36.4 Å². The molecule has 0 aromatic heterocycles. The van der Waals surface area contributed by atoms with E-state index in [0.29, 0.717) is 26.1 Å². The summed E-state index contributed by atoms with van der Waals surface area (Å²) < 4.78 is 23.6. The van der Waals surface area contributed by atoms with Crippen molar-refractivity contribution < 1.29 is 24.1 Å². The van der Waals surface area contributed by atoms with Crippen molar-refractivity contribution in [3.8, 4) is 0 Å².